The van der Waals surface area contributed by atoms with Crippen molar-refractivity contribution in [1.82, 2.24) is 14.1 Å². The molecule has 1 aliphatic heterocycles. The van der Waals surface area contributed by atoms with Gasteiger partial charge in [-0.05, 0) is 37.5 Å². The molecule has 1 amide bonds. The Bertz CT molecular complexity index is 1220. The van der Waals surface area contributed by atoms with E-state index in [9.17, 15) is 14.4 Å². The van der Waals surface area contributed by atoms with Crippen LogP contribution in [0.2, 0.25) is 5.02 Å². The van der Waals surface area contributed by atoms with E-state index in [0.717, 1.165) is 36.1 Å². The molecule has 1 N–H and O–H groups in total. The second-order valence-electron chi connectivity index (χ2n) is 7.04. The topological polar surface area (TPSA) is 89.2 Å². The first-order valence-corrected chi connectivity index (χ1v) is 10.5. The first-order valence-electron chi connectivity index (χ1n) is 9.27. The zero-order chi connectivity index (χ0) is 20.7. The molecule has 152 valence electrons. The number of thiazole rings is 1. The molecule has 10 heteroatoms. The Morgan fingerprint density at radius 2 is 2.00 bits per heavy atom. The predicted molar refractivity (Wildman–Crippen MR) is 115 cm³/mol. The number of nitrogens with zero attached hydrogens (tertiary/aromatic N) is 4. The van der Waals surface area contributed by atoms with E-state index in [0.29, 0.717) is 20.5 Å². The average molecular weight is 434 g/mol. The molecule has 29 heavy (non-hydrogen) atoms. The van der Waals surface area contributed by atoms with E-state index < -0.39 is 17.2 Å². The molecule has 8 nitrogen and oxygen atoms in total. The maximum Gasteiger partial charge on any atom is 0.332 e. The van der Waals surface area contributed by atoms with Crippen molar-refractivity contribution in [1.29, 1.82) is 0 Å². The first-order chi connectivity index (χ1) is 13.9. The third-order valence-corrected chi connectivity index (χ3v) is 6.59. The molecule has 0 saturated carbocycles. The number of carbonyl (C=O) groups excluding carboxylic acids is 1. The Labute approximate surface area is 175 Å². The largest absolute Gasteiger partial charge is 0.348 e. The molecule has 1 aromatic carbocycles. The number of halogens is 1. The number of benzene rings is 1. The van der Waals surface area contributed by atoms with E-state index in [1.54, 1.807) is 25.1 Å². The van der Waals surface area contributed by atoms with Gasteiger partial charge >= 0.3 is 5.69 Å². The van der Waals surface area contributed by atoms with Crippen molar-refractivity contribution in [3.8, 4) is 0 Å². The molecule has 2 aromatic heterocycles. The SMILES string of the molecule is Cc1c(Cl)cccc1NC(=O)Cn1c(=O)n(C)c(=O)c2sc(N3CCCC3)nc21. The molecule has 0 spiro atoms. The fourth-order valence-electron chi connectivity index (χ4n) is 3.40. The molecule has 0 atom stereocenters. The van der Waals surface area contributed by atoms with Gasteiger partial charge < -0.3 is 10.2 Å². The molecule has 0 radical (unpaired) electrons. The van der Waals surface area contributed by atoms with Gasteiger partial charge in [0.2, 0.25) is 5.91 Å². The molecule has 1 saturated heterocycles. The van der Waals surface area contributed by atoms with E-state index >= 15 is 0 Å². The van der Waals surface area contributed by atoms with Crippen LogP contribution in [0.3, 0.4) is 0 Å². The minimum absolute atomic E-state index is 0.251. The molecule has 3 heterocycles. The van der Waals surface area contributed by atoms with Crippen LogP contribution in [0, 0.1) is 6.92 Å². The van der Waals surface area contributed by atoms with Gasteiger partial charge in [0, 0.05) is 30.8 Å². The normalized spacial score (nSPS) is 14.0. The molecular formula is C19H20ClN5O3S. The van der Waals surface area contributed by atoms with Crippen LogP contribution >= 0.6 is 22.9 Å². The minimum Gasteiger partial charge on any atom is -0.348 e. The lowest BCUT2D eigenvalue weighted by atomic mass is 10.2. The second kappa shape index (κ2) is 7.64. The number of nitrogens with one attached hydrogen (secondary N) is 1. The molecule has 3 aromatic rings. The number of rotatable bonds is 4. The van der Waals surface area contributed by atoms with Gasteiger partial charge in [-0.15, -0.1) is 0 Å². The van der Waals surface area contributed by atoms with Gasteiger partial charge in [-0.3, -0.25) is 18.7 Å². The molecular weight excluding hydrogens is 414 g/mol. The summed E-state index contributed by atoms with van der Waals surface area (Å²) in [5, 5.41) is 4.03. The highest BCUT2D eigenvalue weighted by Crippen LogP contribution is 2.28. The van der Waals surface area contributed by atoms with Crippen LogP contribution < -0.4 is 21.5 Å². The van der Waals surface area contributed by atoms with Crippen LogP contribution in [-0.4, -0.2) is 33.1 Å². The highest BCUT2D eigenvalue weighted by atomic mass is 35.5. The minimum atomic E-state index is -0.571. The predicted octanol–water partition coefficient (Wildman–Crippen LogP) is 2.36. The summed E-state index contributed by atoms with van der Waals surface area (Å²) in [6.45, 7) is 3.30. The fraction of sp³-hybridized carbons (Fsp3) is 0.368. The number of hydrogen-bond donors (Lipinski definition) is 1. The third kappa shape index (κ3) is 3.56. The summed E-state index contributed by atoms with van der Waals surface area (Å²) in [5.41, 5.74) is 0.607. The lowest BCUT2D eigenvalue weighted by molar-refractivity contribution is -0.116. The molecule has 0 unspecified atom stereocenters. The zero-order valence-corrected chi connectivity index (χ0v) is 17.6. The maximum absolute atomic E-state index is 12.7. The summed E-state index contributed by atoms with van der Waals surface area (Å²) >= 11 is 7.37. The number of aromatic nitrogens is 3. The Kier molecular flexibility index (Phi) is 5.18. The smallest absolute Gasteiger partial charge is 0.332 e. The van der Waals surface area contributed by atoms with E-state index in [1.807, 2.05) is 0 Å². The number of amides is 1. The summed E-state index contributed by atoms with van der Waals surface area (Å²) in [4.78, 5) is 44.6. The summed E-state index contributed by atoms with van der Waals surface area (Å²) in [7, 11) is 1.41. The van der Waals surface area contributed by atoms with Crippen molar-refractivity contribution in [3.63, 3.8) is 0 Å². The van der Waals surface area contributed by atoms with Gasteiger partial charge in [0.25, 0.3) is 5.56 Å². The Hall–Kier alpha value is -2.65. The van der Waals surface area contributed by atoms with E-state index in [2.05, 4.69) is 15.2 Å². The van der Waals surface area contributed by atoms with Crippen molar-refractivity contribution >= 4 is 50.0 Å². The van der Waals surface area contributed by atoms with E-state index in [4.69, 9.17) is 11.6 Å². The number of anilines is 2. The van der Waals surface area contributed by atoms with Gasteiger partial charge in [-0.25, -0.2) is 9.78 Å². The number of carbonyl (C=O) groups is 1. The Morgan fingerprint density at radius 1 is 1.28 bits per heavy atom. The highest BCUT2D eigenvalue weighted by molar-refractivity contribution is 7.22. The number of fused-ring (bicyclic) bond motifs is 1. The van der Waals surface area contributed by atoms with Gasteiger partial charge in [0.15, 0.2) is 10.8 Å². The molecule has 4 rings (SSSR count). The van der Waals surface area contributed by atoms with Crippen molar-refractivity contribution in [2.24, 2.45) is 7.05 Å². The van der Waals surface area contributed by atoms with Gasteiger partial charge in [-0.1, -0.05) is 29.0 Å². The third-order valence-electron chi connectivity index (χ3n) is 5.09. The lowest BCUT2D eigenvalue weighted by Crippen LogP contribution is -2.40. The Balaban J connectivity index is 1.72. The summed E-state index contributed by atoms with van der Waals surface area (Å²) in [6, 6.07) is 5.22. The summed E-state index contributed by atoms with van der Waals surface area (Å²) < 4.78 is 2.65. The van der Waals surface area contributed by atoms with Crippen molar-refractivity contribution in [2.75, 3.05) is 23.3 Å². The van der Waals surface area contributed by atoms with Crippen LogP contribution in [0.15, 0.2) is 27.8 Å². The van der Waals surface area contributed by atoms with Crippen LogP contribution in [0.25, 0.3) is 10.3 Å². The molecule has 1 aliphatic rings. The van der Waals surface area contributed by atoms with Crippen molar-refractivity contribution in [2.45, 2.75) is 26.3 Å². The zero-order valence-electron chi connectivity index (χ0n) is 16.1. The van der Waals surface area contributed by atoms with Gasteiger partial charge in [-0.2, -0.15) is 0 Å². The van der Waals surface area contributed by atoms with E-state index in [-0.39, 0.29) is 12.2 Å². The van der Waals surface area contributed by atoms with Crippen molar-refractivity contribution in [3.05, 3.63) is 49.6 Å². The monoisotopic (exact) mass is 433 g/mol. The molecule has 0 aliphatic carbocycles. The molecule has 1 fully saturated rings. The Morgan fingerprint density at radius 3 is 2.72 bits per heavy atom. The lowest BCUT2D eigenvalue weighted by Gasteiger charge is -2.12. The van der Waals surface area contributed by atoms with Crippen LogP contribution in [0.5, 0.6) is 0 Å². The fourth-order valence-corrected chi connectivity index (χ4v) is 4.67. The van der Waals surface area contributed by atoms with Crippen LogP contribution in [0.4, 0.5) is 10.8 Å². The summed E-state index contributed by atoms with van der Waals surface area (Å²) in [5.74, 6) is -0.395. The average Bonchev–Trinajstić information content (AvgIpc) is 3.37. The van der Waals surface area contributed by atoms with Crippen molar-refractivity contribution < 1.29 is 4.79 Å². The summed E-state index contributed by atoms with van der Waals surface area (Å²) in [6.07, 6.45) is 2.14. The molecule has 0 bridgehead atoms. The van der Waals surface area contributed by atoms with Gasteiger partial charge in [0.05, 0.1) is 0 Å². The standard InChI is InChI=1S/C19H20ClN5O3S/c1-11-12(20)6-5-7-13(11)21-14(26)10-25-16-15(17(27)23(2)19(25)28)29-18(22-16)24-8-3-4-9-24/h5-7H,3-4,8-10H2,1-2H3,(H,21,26). The van der Waals surface area contributed by atoms with Gasteiger partial charge in [0.1, 0.15) is 11.2 Å². The second-order valence-corrected chi connectivity index (χ2v) is 8.42. The van der Waals surface area contributed by atoms with E-state index in [1.165, 1.54) is 23.0 Å². The maximum atomic E-state index is 12.7. The number of hydrogen-bond acceptors (Lipinski definition) is 6. The van der Waals surface area contributed by atoms with Crippen LogP contribution in [0.1, 0.15) is 18.4 Å². The first kappa shape index (κ1) is 19.7. The van der Waals surface area contributed by atoms with Crippen LogP contribution in [-0.2, 0) is 18.4 Å². The quantitative estimate of drug-likeness (QED) is 0.682. The highest BCUT2D eigenvalue weighted by Gasteiger charge is 2.22.